The van der Waals surface area contributed by atoms with E-state index in [4.69, 9.17) is 16.3 Å². The maximum Gasteiger partial charge on any atom is 0.342 e. The summed E-state index contributed by atoms with van der Waals surface area (Å²) in [4.78, 5) is 53.4. The molecule has 0 atom stereocenters. The van der Waals surface area contributed by atoms with Crippen LogP contribution >= 0.6 is 11.6 Å². The van der Waals surface area contributed by atoms with Crippen LogP contribution in [0.15, 0.2) is 52.3 Å². The molecule has 4 aromatic rings. The highest BCUT2D eigenvalue weighted by Gasteiger charge is 2.21. The number of hydrogen-bond donors (Lipinski definition) is 1. The third kappa shape index (κ3) is 4.55. The van der Waals surface area contributed by atoms with Crippen molar-refractivity contribution in [3.05, 3.63) is 91.3 Å². The summed E-state index contributed by atoms with van der Waals surface area (Å²) in [5.41, 5.74) is -0.880. The predicted molar refractivity (Wildman–Crippen MR) is 124 cm³/mol. The average Bonchev–Trinajstić information content (AvgIpc) is 3.13. The third-order valence-electron chi connectivity index (χ3n) is 5.29. The van der Waals surface area contributed by atoms with Gasteiger partial charge in [0, 0.05) is 18.6 Å². The summed E-state index contributed by atoms with van der Waals surface area (Å²) in [6.45, 7) is -0.197. The molecule has 0 saturated carbocycles. The molecule has 0 fully saturated rings. The molecule has 0 amide bonds. The molecule has 0 bridgehead atoms. The van der Waals surface area contributed by atoms with E-state index in [1.807, 2.05) is 0 Å². The van der Waals surface area contributed by atoms with E-state index in [0.29, 0.717) is 16.2 Å². The Hall–Kier alpha value is -4.16. The van der Waals surface area contributed by atoms with Gasteiger partial charge in [-0.05, 0) is 29.8 Å². The Kier molecular flexibility index (Phi) is 6.82. The number of aliphatic hydroxyl groups is 1. The molecule has 2 aromatic heterocycles. The van der Waals surface area contributed by atoms with E-state index in [9.17, 15) is 33.1 Å². The third-order valence-corrected chi connectivity index (χ3v) is 5.61. The first-order valence-electron chi connectivity index (χ1n) is 10.4. The zero-order valence-electron chi connectivity index (χ0n) is 18.6. The summed E-state index contributed by atoms with van der Waals surface area (Å²) in [5, 5.41) is 8.80. The van der Waals surface area contributed by atoms with E-state index < -0.39 is 41.3 Å². The fourth-order valence-electron chi connectivity index (χ4n) is 3.60. The van der Waals surface area contributed by atoms with Crippen LogP contribution in [0.3, 0.4) is 0 Å². The summed E-state index contributed by atoms with van der Waals surface area (Å²) in [7, 11) is 0. The van der Waals surface area contributed by atoms with Crippen LogP contribution in [-0.4, -0.2) is 42.2 Å². The maximum atomic E-state index is 13.8. The summed E-state index contributed by atoms with van der Waals surface area (Å²) in [6.07, 6.45) is 1.15. The van der Waals surface area contributed by atoms with Crippen molar-refractivity contribution in [2.75, 3.05) is 6.61 Å². The predicted octanol–water partition coefficient (Wildman–Crippen LogP) is 2.21. The molecule has 0 saturated heterocycles. The van der Waals surface area contributed by atoms with Crippen LogP contribution in [0.25, 0.3) is 11.0 Å². The van der Waals surface area contributed by atoms with E-state index in [2.05, 4.69) is 4.98 Å². The summed E-state index contributed by atoms with van der Waals surface area (Å²) in [6, 6.07) is 7.33. The van der Waals surface area contributed by atoms with Gasteiger partial charge in [-0.2, -0.15) is 0 Å². The smallest absolute Gasteiger partial charge is 0.342 e. The number of rotatable bonds is 6. The van der Waals surface area contributed by atoms with Gasteiger partial charge in [0.2, 0.25) is 11.8 Å². The molecule has 186 valence electrons. The van der Waals surface area contributed by atoms with Gasteiger partial charge in [-0.25, -0.2) is 27.7 Å². The first-order valence-corrected chi connectivity index (χ1v) is 10.7. The molecule has 0 aliphatic heterocycles. The average molecular weight is 519 g/mol. The molecule has 0 spiro atoms. The van der Waals surface area contributed by atoms with E-state index >= 15 is 0 Å². The van der Waals surface area contributed by atoms with Gasteiger partial charge in [0.1, 0.15) is 31.2 Å². The zero-order valence-corrected chi connectivity index (χ0v) is 19.3. The fourth-order valence-corrected chi connectivity index (χ4v) is 3.81. The standard InChI is InChI=1S/C23H17ClF2N4O6/c1-12(32)29-18-6-13(2-5-17(18)30(23(29)35)19(33)9-31)8-28-11-27-21(20(24)22(28)34)36-10-14-3-4-15(25)7-16(14)26/h2-7,11,31H,8-10H2,1H3. The lowest BCUT2D eigenvalue weighted by Gasteiger charge is -2.11. The monoisotopic (exact) mass is 518 g/mol. The van der Waals surface area contributed by atoms with Gasteiger partial charge in [-0.15, -0.1) is 0 Å². The van der Waals surface area contributed by atoms with Crippen LogP contribution in [-0.2, 0) is 13.2 Å². The Morgan fingerprint density at radius 3 is 2.50 bits per heavy atom. The number of fused-ring (bicyclic) bond motifs is 1. The second-order valence-electron chi connectivity index (χ2n) is 7.67. The molecule has 10 nitrogen and oxygen atoms in total. The molecule has 0 aliphatic rings. The van der Waals surface area contributed by atoms with Crippen molar-refractivity contribution in [2.24, 2.45) is 0 Å². The molecule has 2 aromatic carbocycles. The van der Waals surface area contributed by atoms with E-state index in [-0.39, 0.29) is 40.7 Å². The molecule has 0 unspecified atom stereocenters. The minimum Gasteiger partial charge on any atom is -0.471 e. The van der Waals surface area contributed by atoms with E-state index in [1.54, 1.807) is 0 Å². The number of benzene rings is 2. The van der Waals surface area contributed by atoms with Gasteiger partial charge in [0.05, 0.1) is 17.6 Å². The number of carbonyl (C=O) groups is 2. The van der Waals surface area contributed by atoms with Gasteiger partial charge in [-0.1, -0.05) is 17.7 Å². The lowest BCUT2D eigenvalue weighted by atomic mass is 10.2. The number of ether oxygens (including phenoxy) is 1. The minimum atomic E-state index is -0.930. The van der Waals surface area contributed by atoms with Gasteiger partial charge >= 0.3 is 5.69 Å². The lowest BCUT2D eigenvalue weighted by molar-refractivity contribution is 0.0817. The Balaban J connectivity index is 1.64. The first kappa shape index (κ1) is 24.9. The first-order chi connectivity index (χ1) is 17.1. The molecule has 0 aliphatic carbocycles. The number of hydrogen-bond acceptors (Lipinski definition) is 7. The Morgan fingerprint density at radius 2 is 1.83 bits per heavy atom. The molecular weight excluding hydrogens is 502 g/mol. The number of aliphatic hydroxyl groups excluding tert-OH is 1. The lowest BCUT2D eigenvalue weighted by Crippen LogP contribution is -2.32. The van der Waals surface area contributed by atoms with E-state index in [0.717, 1.165) is 28.5 Å². The molecule has 1 N–H and O–H groups in total. The van der Waals surface area contributed by atoms with Gasteiger partial charge in [-0.3, -0.25) is 19.0 Å². The quantitative estimate of drug-likeness (QED) is 0.415. The topological polar surface area (TPSA) is 125 Å². The van der Waals surface area contributed by atoms with Crippen molar-refractivity contribution in [1.29, 1.82) is 0 Å². The molecular formula is C23H17ClF2N4O6. The highest BCUT2D eigenvalue weighted by atomic mass is 35.5. The van der Waals surface area contributed by atoms with Crippen LogP contribution in [0.1, 0.15) is 27.6 Å². The van der Waals surface area contributed by atoms with Crippen LogP contribution in [0.4, 0.5) is 8.78 Å². The van der Waals surface area contributed by atoms with Crippen molar-refractivity contribution in [3.8, 4) is 5.88 Å². The minimum absolute atomic E-state index is 0.0369. The van der Waals surface area contributed by atoms with Gasteiger partial charge in [0.25, 0.3) is 11.5 Å². The normalized spacial score (nSPS) is 11.1. The van der Waals surface area contributed by atoms with Gasteiger partial charge in [0.15, 0.2) is 5.02 Å². The second kappa shape index (κ2) is 9.84. The van der Waals surface area contributed by atoms with Crippen molar-refractivity contribution in [1.82, 2.24) is 18.7 Å². The van der Waals surface area contributed by atoms with Crippen molar-refractivity contribution in [3.63, 3.8) is 0 Å². The summed E-state index contributed by atoms with van der Waals surface area (Å²) in [5.74, 6) is -3.37. The molecule has 4 rings (SSSR count). The van der Waals surface area contributed by atoms with Crippen LogP contribution < -0.4 is 16.0 Å². The van der Waals surface area contributed by atoms with E-state index in [1.165, 1.54) is 24.3 Å². The number of aromatic nitrogens is 4. The summed E-state index contributed by atoms with van der Waals surface area (Å²) >= 11 is 6.10. The van der Waals surface area contributed by atoms with Crippen molar-refractivity contribution in [2.45, 2.75) is 20.1 Å². The SMILES string of the molecule is CC(=O)n1c(=O)n(C(=O)CO)c2ccc(Cn3cnc(OCc4ccc(F)cc4F)c(Cl)c3=O)cc21. The number of carbonyl (C=O) groups excluding carboxylic acids is 2. The molecule has 36 heavy (non-hydrogen) atoms. The van der Waals surface area contributed by atoms with Crippen LogP contribution in [0.2, 0.25) is 5.02 Å². The van der Waals surface area contributed by atoms with Crippen LogP contribution in [0, 0.1) is 11.6 Å². The van der Waals surface area contributed by atoms with Crippen molar-refractivity contribution >= 4 is 34.4 Å². The molecule has 2 heterocycles. The van der Waals surface area contributed by atoms with Crippen LogP contribution in [0.5, 0.6) is 5.88 Å². The second-order valence-corrected chi connectivity index (χ2v) is 8.05. The fraction of sp³-hybridized carbons (Fsp3) is 0.174. The maximum absolute atomic E-state index is 13.8. The Labute approximate surface area is 205 Å². The highest BCUT2D eigenvalue weighted by molar-refractivity contribution is 6.31. The largest absolute Gasteiger partial charge is 0.471 e. The highest BCUT2D eigenvalue weighted by Crippen LogP contribution is 2.20. The zero-order chi connectivity index (χ0) is 26.1. The Morgan fingerprint density at radius 1 is 1.08 bits per heavy atom. The number of halogens is 3. The Bertz CT molecular complexity index is 1640. The molecule has 13 heteroatoms. The number of imidazole rings is 1. The summed E-state index contributed by atoms with van der Waals surface area (Å²) < 4.78 is 34.8. The van der Waals surface area contributed by atoms with Gasteiger partial charge < -0.3 is 9.84 Å². The van der Waals surface area contributed by atoms with Crippen molar-refractivity contribution < 1.29 is 28.2 Å². The number of nitrogens with zero attached hydrogens (tertiary/aromatic N) is 4. The molecule has 0 radical (unpaired) electrons.